The van der Waals surface area contributed by atoms with Gasteiger partial charge in [0, 0.05) is 19.3 Å². The second-order valence-electron chi connectivity index (χ2n) is 18.5. The highest BCUT2D eigenvalue weighted by Gasteiger charge is 2.19. The summed E-state index contributed by atoms with van der Waals surface area (Å²) in [6.45, 7) is 6.54. The van der Waals surface area contributed by atoms with E-state index < -0.39 is 6.10 Å². The van der Waals surface area contributed by atoms with Crippen molar-refractivity contribution in [2.45, 2.75) is 271 Å². The van der Waals surface area contributed by atoms with Gasteiger partial charge in [-0.3, -0.25) is 14.4 Å². The molecule has 0 unspecified atom stereocenters. The molecule has 0 amide bonds. The number of unbranched alkanes of at least 4 members (excludes halogenated alkanes) is 25. The van der Waals surface area contributed by atoms with Crippen molar-refractivity contribution in [3.05, 3.63) is 85.1 Å². The SMILES string of the molecule is CCCCC/C=C\C/C=C\C/C=C\C/C=C\CCCCCC(=O)OC[C@H](COC(=O)CCCCCCCCCCCCCCC)OC(=O)CCCCCC/C=C\C/C=C\C/C=C\CCCCC. The first kappa shape index (κ1) is 63.6. The van der Waals surface area contributed by atoms with Crippen LogP contribution >= 0.6 is 0 Å². The molecule has 0 aliphatic rings. The Bertz CT molecular complexity index is 1300. The number of carbonyl (C=O) groups is 3. The van der Waals surface area contributed by atoms with Crippen LogP contribution in [0.5, 0.6) is 0 Å². The molecular weight excluding hydrogens is 829 g/mol. The summed E-state index contributed by atoms with van der Waals surface area (Å²) in [5.74, 6) is -0.944. The fraction of sp³-hybridized carbons (Fsp3) is 0.721. The van der Waals surface area contributed by atoms with Gasteiger partial charge < -0.3 is 14.2 Å². The molecule has 67 heavy (non-hydrogen) atoms. The number of allylic oxidation sites excluding steroid dienone is 14. The van der Waals surface area contributed by atoms with Crippen LogP contribution in [0.15, 0.2) is 85.1 Å². The number of hydrogen-bond donors (Lipinski definition) is 0. The van der Waals surface area contributed by atoms with Crippen molar-refractivity contribution in [3.8, 4) is 0 Å². The van der Waals surface area contributed by atoms with E-state index >= 15 is 0 Å². The Balaban J connectivity index is 4.48. The smallest absolute Gasteiger partial charge is 0.306 e. The summed E-state index contributed by atoms with van der Waals surface area (Å²) in [5.41, 5.74) is 0. The van der Waals surface area contributed by atoms with Crippen molar-refractivity contribution in [1.82, 2.24) is 0 Å². The number of esters is 3. The third-order valence-electron chi connectivity index (χ3n) is 11.9. The van der Waals surface area contributed by atoms with Crippen molar-refractivity contribution in [2.24, 2.45) is 0 Å². The van der Waals surface area contributed by atoms with Gasteiger partial charge in [0.15, 0.2) is 6.10 Å². The molecule has 6 heteroatoms. The predicted molar refractivity (Wildman–Crippen MR) is 288 cm³/mol. The highest BCUT2D eigenvalue weighted by atomic mass is 16.6. The molecule has 0 N–H and O–H groups in total. The van der Waals surface area contributed by atoms with Crippen LogP contribution in [0.1, 0.15) is 265 Å². The fourth-order valence-electron chi connectivity index (χ4n) is 7.61. The van der Waals surface area contributed by atoms with Crippen molar-refractivity contribution in [1.29, 1.82) is 0 Å². The molecule has 0 aromatic rings. The Labute approximate surface area is 414 Å². The minimum absolute atomic E-state index is 0.0946. The lowest BCUT2D eigenvalue weighted by Crippen LogP contribution is -2.30. The second kappa shape index (κ2) is 55.2. The van der Waals surface area contributed by atoms with Gasteiger partial charge >= 0.3 is 17.9 Å². The van der Waals surface area contributed by atoms with Gasteiger partial charge in [0.2, 0.25) is 0 Å². The van der Waals surface area contributed by atoms with E-state index in [0.717, 1.165) is 109 Å². The zero-order valence-electron chi connectivity index (χ0n) is 43.9. The van der Waals surface area contributed by atoms with E-state index in [4.69, 9.17) is 14.2 Å². The largest absolute Gasteiger partial charge is 0.462 e. The van der Waals surface area contributed by atoms with Crippen molar-refractivity contribution in [2.75, 3.05) is 13.2 Å². The van der Waals surface area contributed by atoms with E-state index in [1.54, 1.807) is 0 Å². The lowest BCUT2D eigenvalue weighted by molar-refractivity contribution is -0.167. The molecule has 0 rings (SSSR count). The average molecular weight is 933 g/mol. The summed E-state index contributed by atoms with van der Waals surface area (Å²) in [4.78, 5) is 38.1. The quantitative estimate of drug-likeness (QED) is 0.0262. The molecule has 0 spiro atoms. The Morgan fingerprint density at radius 1 is 0.299 bits per heavy atom. The van der Waals surface area contributed by atoms with Gasteiger partial charge in [-0.25, -0.2) is 0 Å². The van der Waals surface area contributed by atoms with Crippen LogP contribution in [-0.4, -0.2) is 37.2 Å². The molecule has 0 radical (unpaired) electrons. The normalized spacial score (nSPS) is 12.7. The first-order valence-electron chi connectivity index (χ1n) is 28.1. The van der Waals surface area contributed by atoms with E-state index in [9.17, 15) is 14.4 Å². The van der Waals surface area contributed by atoms with Crippen LogP contribution in [0, 0.1) is 0 Å². The maximum atomic E-state index is 12.8. The highest BCUT2D eigenvalue weighted by molar-refractivity contribution is 5.71. The second-order valence-corrected chi connectivity index (χ2v) is 18.5. The first-order chi connectivity index (χ1) is 33.0. The van der Waals surface area contributed by atoms with Gasteiger partial charge in [0.05, 0.1) is 0 Å². The zero-order valence-corrected chi connectivity index (χ0v) is 43.9. The van der Waals surface area contributed by atoms with E-state index in [2.05, 4.69) is 106 Å². The predicted octanol–water partition coefficient (Wildman–Crippen LogP) is 18.8. The number of carbonyl (C=O) groups excluding carboxylic acids is 3. The molecule has 6 nitrogen and oxygen atoms in total. The van der Waals surface area contributed by atoms with Gasteiger partial charge in [-0.1, -0.05) is 228 Å². The summed E-state index contributed by atoms with van der Waals surface area (Å²) in [6, 6.07) is 0. The van der Waals surface area contributed by atoms with Crippen molar-refractivity contribution in [3.63, 3.8) is 0 Å². The molecule has 0 fully saturated rings. The Morgan fingerprint density at radius 3 is 0.881 bits per heavy atom. The molecule has 0 bridgehead atoms. The monoisotopic (exact) mass is 933 g/mol. The van der Waals surface area contributed by atoms with Crippen LogP contribution in [-0.2, 0) is 28.6 Å². The van der Waals surface area contributed by atoms with E-state index in [1.165, 1.54) is 116 Å². The summed E-state index contributed by atoms with van der Waals surface area (Å²) in [7, 11) is 0. The average Bonchev–Trinajstić information content (AvgIpc) is 3.33. The third-order valence-corrected chi connectivity index (χ3v) is 11.9. The van der Waals surface area contributed by atoms with Gasteiger partial charge in [-0.2, -0.15) is 0 Å². The lowest BCUT2D eigenvalue weighted by atomic mass is 10.0. The van der Waals surface area contributed by atoms with Gasteiger partial charge in [-0.05, 0) is 103 Å². The lowest BCUT2D eigenvalue weighted by Gasteiger charge is -2.18. The third kappa shape index (κ3) is 53.4. The van der Waals surface area contributed by atoms with Crippen molar-refractivity contribution >= 4 is 17.9 Å². The van der Waals surface area contributed by atoms with Crippen LogP contribution < -0.4 is 0 Å². The van der Waals surface area contributed by atoms with Gasteiger partial charge in [0.25, 0.3) is 0 Å². The fourth-order valence-corrected chi connectivity index (χ4v) is 7.61. The molecule has 0 aliphatic carbocycles. The Kier molecular flexibility index (Phi) is 52.4. The van der Waals surface area contributed by atoms with Crippen LogP contribution in [0.3, 0.4) is 0 Å². The number of rotatable bonds is 50. The van der Waals surface area contributed by atoms with Crippen LogP contribution in [0.25, 0.3) is 0 Å². The van der Waals surface area contributed by atoms with E-state index in [-0.39, 0.29) is 31.1 Å². The molecule has 0 saturated carbocycles. The molecule has 0 aromatic heterocycles. The summed E-state index contributed by atoms with van der Waals surface area (Å²) < 4.78 is 16.8. The van der Waals surface area contributed by atoms with Crippen molar-refractivity contribution < 1.29 is 28.6 Å². The van der Waals surface area contributed by atoms with Gasteiger partial charge in [-0.15, -0.1) is 0 Å². The number of hydrogen-bond acceptors (Lipinski definition) is 6. The Hall–Kier alpha value is -3.41. The molecule has 0 heterocycles. The summed E-state index contributed by atoms with van der Waals surface area (Å²) in [5, 5.41) is 0. The Morgan fingerprint density at radius 2 is 0.537 bits per heavy atom. The minimum atomic E-state index is -0.800. The minimum Gasteiger partial charge on any atom is -0.462 e. The molecule has 1 atom stereocenters. The topological polar surface area (TPSA) is 78.9 Å². The maximum Gasteiger partial charge on any atom is 0.306 e. The molecule has 0 saturated heterocycles. The van der Waals surface area contributed by atoms with E-state index in [0.29, 0.717) is 19.3 Å². The van der Waals surface area contributed by atoms with Gasteiger partial charge in [0.1, 0.15) is 13.2 Å². The zero-order chi connectivity index (χ0) is 48.6. The maximum absolute atomic E-state index is 12.8. The summed E-state index contributed by atoms with van der Waals surface area (Å²) in [6.07, 6.45) is 71.3. The first-order valence-corrected chi connectivity index (χ1v) is 28.1. The highest BCUT2D eigenvalue weighted by Crippen LogP contribution is 2.15. The molecule has 0 aliphatic heterocycles. The van der Waals surface area contributed by atoms with E-state index in [1.807, 2.05) is 0 Å². The van der Waals surface area contributed by atoms with Crippen LogP contribution in [0.4, 0.5) is 0 Å². The molecule has 384 valence electrons. The standard InChI is InChI=1S/C61H104O6/c1-4-7-10-13-16-19-22-25-27-29-30-32-33-36-39-42-45-48-51-54-60(63)66-57-58(56-65-59(62)53-50-47-44-41-38-35-24-21-18-15-12-9-6-3)67-61(64)55-52-49-46-43-40-37-34-31-28-26-23-20-17-14-11-8-5-2/h16-17,19-20,25-28,30,32,34,36-37,39,58H,4-15,18,21-24,29,31,33,35,38,40-57H2,1-3H3/b19-16-,20-17-,27-25-,28-26-,32-30-,37-34-,39-36-/t58-/m0/s1. The number of ether oxygens (including phenoxy) is 3. The van der Waals surface area contributed by atoms with Crippen LogP contribution in [0.2, 0.25) is 0 Å². The summed E-state index contributed by atoms with van der Waals surface area (Å²) >= 11 is 0. The molecule has 0 aromatic carbocycles. The molecular formula is C61H104O6.